The molecule has 0 unspecified atom stereocenters. The molecule has 0 aliphatic heterocycles. The molecule has 0 fully saturated rings. The van der Waals surface area contributed by atoms with Crippen molar-refractivity contribution in [3.05, 3.63) is 65.2 Å². The topological polar surface area (TPSA) is 47.6 Å². The molecule has 0 bridgehead atoms. The van der Waals surface area contributed by atoms with Crippen LogP contribution < -0.4 is 14.8 Å². The number of carbonyl (C=O) groups excluding carboxylic acids is 1. The number of hydrogen-bond acceptors (Lipinski definition) is 3. The van der Waals surface area contributed by atoms with Gasteiger partial charge in [0.15, 0.2) is 11.5 Å². The monoisotopic (exact) mass is 331 g/mol. The summed E-state index contributed by atoms with van der Waals surface area (Å²) in [5, 5.41) is 3.07. The second kappa shape index (κ2) is 7.70. The van der Waals surface area contributed by atoms with Crippen LogP contribution in [-0.4, -0.2) is 13.2 Å². The van der Waals surface area contributed by atoms with E-state index in [1.165, 1.54) is 7.11 Å². The molecule has 0 atom stereocenters. The van der Waals surface area contributed by atoms with Crippen molar-refractivity contribution in [2.75, 3.05) is 12.4 Å². The molecular weight excluding hydrogens is 314 g/mol. The number of benzene rings is 2. The van der Waals surface area contributed by atoms with Crippen LogP contribution in [0.2, 0.25) is 5.02 Å². The van der Waals surface area contributed by atoms with Gasteiger partial charge in [-0.05, 0) is 48.7 Å². The van der Waals surface area contributed by atoms with Gasteiger partial charge in [0, 0.05) is 0 Å². The molecule has 1 N–H and O–H groups in total. The molecule has 0 aliphatic rings. The van der Waals surface area contributed by atoms with Crippen LogP contribution >= 0.6 is 11.6 Å². The Labute approximate surface area is 140 Å². The van der Waals surface area contributed by atoms with Gasteiger partial charge in [-0.1, -0.05) is 29.8 Å². The molecule has 2 aromatic rings. The van der Waals surface area contributed by atoms with Crippen molar-refractivity contribution in [3.63, 3.8) is 0 Å². The molecule has 0 heterocycles. The van der Waals surface area contributed by atoms with E-state index in [-0.39, 0.29) is 0 Å². The largest absolute Gasteiger partial charge is 0.493 e. The minimum absolute atomic E-state index is 0.334. The second-order valence-electron chi connectivity index (χ2n) is 4.98. The molecule has 4 nitrogen and oxygen atoms in total. The van der Waals surface area contributed by atoms with Crippen LogP contribution in [0, 0.1) is 6.92 Å². The molecule has 0 saturated heterocycles. The van der Waals surface area contributed by atoms with E-state index in [1.807, 2.05) is 25.1 Å². The highest BCUT2D eigenvalue weighted by Crippen LogP contribution is 2.29. The fourth-order valence-electron chi connectivity index (χ4n) is 2.05. The average molecular weight is 332 g/mol. The number of rotatable bonds is 5. The molecule has 23 heavy (non-hydrogen) atoms. The summed E-state index contributed by atoms with van der Waals surface area (Å²) in [6.07, 6.45) is 1.87. The predicted octanol–water partition coefficient (Wildman–Crippen LogP) is 5.00. The Hall–Kier alpha value is -2.46. The van der Waals surface area contributed by atoms with Gasteiger partial charge in [0.1, 0.15) is 0 Å². The molecule has 0 saturated carbocycles. The number of amides is 1. The lowest BCUT2D eigenvalue weighted by atomic mass is 10.1. The van der Waals surface area contributed by atoms with Crippen molar-refractivity contribution in [2.24, 2.45) is 0 Å². The van der Waals surface area contributed by atoms with Crippen molar-refractivity contribution in [2.45, 2.75) is 13.3 Å². The third-order valence-electron chi connectivity index (χ3n) is 3.17. The Balaban J connectivity index is 2.11. The molecule has 5 heteroatoms. The lowest BCUT2D eigenvalue weighted by Gasteiger charge is -2.12. The Morgan fingerprint density at radius 1 is 1.26 bits per heavy atom. The molecule has 1 amide bonds. The van der Waals surface area contributed by atoms with E-state index in [2.05, 4.69) is 11.9 Å². The van der Waals surface area contributed by atoms with Gasteiger partial charge in [-0.2, -0.15) is 0 Å². The van der Waals surface area contributed by atoms with E-state index in [0.717, 1.165) is 11.1 Å². The Bertz CT molecular complexity index is 728. The number of halogens is 1. The van der Waals surface area contributed by atoms with Crippen LogP contribution in [0.25, 0.3) is 0 Å². The van der Waals surface area contributed by atoms with Crippen LogP contribution in [0.4, 0.5) is 10.5 Å². The van der Waals surface area contributed by atoms with Gasteiger partial charge in [0.2, 0.25) is 0 Å². The zero-order chi connectivity index (χ0) is 16.8. The number of anilines is 1. The maximum Gasteiger partial charge on any atom is 0.417 e. The Morgan fingerprint density at radius 2 is 2.04 bits per heavy atom. The Morgan fingerprint density at radius 3 is 2.70 bits per heavy atom. The van der Waals surface area contributed by atoms with Gasteiger partial charge >= 0.3 is 6.09 Å². The summed E-state index contributed by atoms with van der Waals surface area (Å²) in [6, 6.07) is 10.7. The first-order valence-electron chi connectivity index (χ1n) is 7.06. The smallest absolute Gasteiger partial charge is 0.417 e. The highest BCUT2D eigenvalue weighted by Gasteiger charge is 2.12. The summed E-state index contributed by atoms with van der Waals surface area (Å²) in [5.74, 6) is 0.815. The number of methoxy groups -OCH3 is 1. The maximum atomic E-state index is 12.0. The lowest BCUT2D eigenvalue weighted by molar-refractivity contribution is 0.213. The Kier molecular flexibility index (Phi) is 5.66. The van der Waals surface area contributed by atoms with Gasteiger partial charge in [-0.3, -0.25) is 5.32 Å². The molecule has 0 aliphatic carbocycles. The van der Waals surface area contributed by atoms with Crippen LogP contribution in [0.5, 0.6) is 11.5 Å². The van der Waals surface area contributed by atoms with Crippen molar-refractivity contribution < 1.29 is 14.3 Å². The van der Waals surface area contributed by atoms with Crippen molar-refractivity contribution in [3.8, 4) is 11.5 Å². The molecule has 2 aromatic carbocycles. The fourth-order valence-corrected chi connectivity index (χ4v) is 2.33. The standard InChI is InChI=1S/C18H18ClNO3/c1-4-5-13-7-9-16(17(11-13)22-3)23-18(21)20-15-8-6-12(2)10-14(15)19/h4,6-11H,1,5H2,2-3H3,(H,20,21). The number of carbonyl (C=O) groups is 1. The number of nitrogens with one attached hydrogen (secondary N) is 1. The van der Waals surface area contributed by atoms with Gasteiger partial charge in [0.25, 0.3) is 0 Å². The van der Waals surface area contributed by atoms with E-state index in [0.29, 0.717) is 28.6 Å². The quantitative estimate of drug-likeness (QED) is 0.784. The third-order valence-corrected chi connectivity index (χ3v) is 3.48. The van der Waals surface area contributed by atoms with Gasteiger partial charge < -0.3 is 9.47 Å². The lowest BCUT2D eigenvalue weighted by Crippen LogP contribution is -2.17. The van der Waals surface area contributed by atoms with E-state index < -0.39 is 6.09 Å². The molecule has 2 rings (SSSR count). The summed E-state index contributed by atoms with van der Waals surface area (Å²) in [4.78, 5) is 12.0. The van der Waals surface area contributed by atoms with Gasteiger partial charge in [0.05, 0.1) is 17.8 Å². The minimum Gasteiger partial charge on any atom is -0.493 e. The van der Waals surface area contributed by atoms with Crippen LogP contribution in [0.15, 0.2) is 49.1 Å². The van der Waals surface area contributed by atoms with E-state index >= 15 is 0 Å². The number of allylic oxidation sites excluding steroid dienone is 1. The number of ether oxygens (including phenoxy) is 2. The normalized spacial score (nSPS) is 10.0. The predicted molar refractivity (Wildman–Crippen MR) is 92.7 cm³/mol. The van der Waals surface area contributed by atoms with Crippen molar-refractivity contribution in [1.82, 2.24) is 0 Å². The fraction of sp³-hybridized carbons (Fsp3) is 0.167. The second-order valence-corrected chi connectivity index (χ2v) is 5.38. The summed E-state index contributed by atoms with van der Waals surface area (Å²) in [5.41, 5.74) is 2.52. The highest BCUT2D eigenvalue weighted by atomic mass is 35.5. The van der Waals surface area contributed by atoms with Crippen LogP contribution in [-0.2, 0) is 6.42 Å². The highest BCUT2D eigenvalue weighted by molar-refractivity contribution is 6.33. The number of hydrogen-bond donors (Lipinski definition) is 1. The average Bonchev–Trinajstić information content (AvgIpc) is 2.52. The summed E-state index contributed by atoms with van der Waals surface area (Å²) >= 11 is 6.09. The van der Waals surface area contributed by atoms with E-state index in [9.17, 15) is 4.79 Å². The first-order chi connectivity index (χ1) is 11.0. The van der Waals surface area contributed by atoms with Crippen LogP contribution in [0.1, 0.15) is 11.1 Å². The minimum atomic E-state index is -0.634. The summed E-state index contributed by atoms with van der Waals surface area (Å²) in [7, 11) is 1.52. The summed E-state index contributed by atoms with van der Waals surface area (Å²) in [6.45, 7) is 5.62. The van der Waals surface area contributed by atoms with E-state index in [4.69, 9.17) is 21.1 Å². The van der Waals surface area contributed by atoms with Crippen molar-refractivity contribution >= 4 is 23.4 Å². The zero-order valence-electron chi connectivity index (χ0n) is 13.1. The molecule has 0 spiro atoms. The maximum absolute atomic E-state index is 12.0. The first-order valence-corrected chi connectivity index (χ1v) is 7.44. The van der Waals surface area contributed by atoms with Crippen LogP contribution in [0.3, 0.4) is 0 Å². The molecule has 0 aromatic heterocycles. The first kappa shape index (κ1) is 16.9. The molecular formula is C18H18ClNO3. The van der Waals surface area contributed by atoms with Gasteiger partial charge in [-0.15, -0.1) is 6.58 Å². The van der Waals surface area contributed by atoms with E-state index in [1.54, 1.807) is 24.3 Å². The third kappa shape index (κ3) is 4.50. The molecule has 120 valence electrons. The zero-order valence-corrected chi connectivity index (χ0v) is 13.8. The SMILES string of the molecule is C=CCc1ccc(OC(=O)Nc2ccc(C)cc2Cl)c(OC)c1. The number of aryl methyl sites for hydroxylation is 1. The summed E-state index contributed by atoms with van der Waals surface area (Å²) < 4.78 is 10.6. The molecule has 0 radical (unpaired) electrons. The van der Waals surface area contributed by atoms with Crippen molar-refractivity contribution in [1.29, 1.82) is 0 Å². The van der Waals surface area contributed by atoms with Gasteiger partial charge in [-0.25, -0.2) is 4.79 Å².